The number of rotatable bonds is 46. The molecule has 6 aliphatic rings. The van der Waals surface area contributed by atoms with E-state index in [1.165, 1.54) is 0 Å². The van der Waals surface area contributed by atoms with Crippen molar-refractivity contribution in [1.82, 2.24) is 16.0 Å². The molecule has 0 bridgehead atoms. The van der Waals surface area contributed by atoms with Crippen molar-refractivity contribution in [2.24, 2.45) is 0 Å². The number of carbonyl (C=O) groups excluding carboxylic acids is 11. The second kappa shape index (κ2) is 52.7. The molecule has 5 N–H and O–H groups in total. The second-order valence-electron chi connectivity index (χ2n) is 36.8. The number of nitrogens with one attached hydrogen (secondary N) is 3. The predicted octanol–water partition coefficient (Wildman–Crippen LogP) is 6.62. The number of amides is 3. The Bertz CT molecular complexity index is 5120. The molecular formula is C102H129N3O37Si. The minimum absolute atomic E-state index is 0.0266. The first-order valence-electron chi connectivity index (χ1n) is 47.3. The number of benzene rings is 6. The van der Waals surface area contributed by atoms with Crippen molar-refractivity contribution in [2.75, 3.05) is 46.8 Å². The van der Waals surface area contributed by atoms with Crippen molar-refractivity contribution in [3.63, 3.8) is 0 Å². The molecule has 0 aromatic heterocycles. The molecule has 0 radical (unpaired) electrons. The zero-order valence-corrected chi connectivity index (χ0v) is 83.0. The van der Waals surface area contributed by atoms with E-state index < -0.39 is 284 Å². The van der Waals surface area contributed by atoms with Crippen molar-refractivity contribution >= 4 is 73.5 Å². The van der Waals surface area contributed by atoms with Crippen LogP contribution in [0.2, 0.25) is 25.7 Å². The Morgan fingerprint density at radius 3 is 1.29 bits per heavy atom. The van der Waals surface area contributed by atoms with E-state index >= 15 is 9.59 Å². The Hall–Kier alpha value is -11.0. The molecule has 6 heterocycles. The van der Waals surface area contributed by atoms with Crippen LogP contribution in [0.3, 0.4) is 0 Å². The molecule has 3 amide bonds. The third-order valence-electron chi connectivity index (χ3n) is 24.1. The maximum atomic E-state index is 16.6. The molecule has 12 rings (SSSR count). The van der Waals surface area contributed by atoms with E-state index in [9.17, 15) is 53.4 Å². The lowest BCUT2D eigenvalue weighted by molar-refractivity contribution is -0.409. The Kier molecular flexibility index (Phi) is 40.8. The summed E-state index contributed by atoms with van der Waals surface area (Å²) in [5.74, 6) is -18.3. The highest BCUT2D eigenvalue weighted by Crippen LogP contribution is 2.47. The maximum absolute atomic E-state index is 16.6. The van der Waals surface area contributed by atoms with E-state index in [-0.39, 0.29) is 46.2 Å². The lowest BCUT2D eigenvalue weighted by Gasteiger charge is -2.54. The fourth-order valence-corrected chi connectivity index (χ4v) is 18.5. The molecule has 40 nitrogen and oxygen atoms in total. The monoisotopic (exact) mass is 2020 g/mol. The van der Waals surface area contributed by atoms with Gasteiger partial charge >= 0.3 is 47.8 Å². The summed E-state index contributed by atoms with van der Waals surface area (Å²) in [6, 6.07) is 49.8. The highest BCUT2D eigenvalue weighted by molar-refractivity contribution is 6.76. The average molecular weight is 2020 g/mol. The van der Waals surface area contributed by atoms with Crippen LogP contribution in [-0.4, -0.2) is 295 Å². The van der Waals surface area contributed by atoms with Gasteiger partial charge in [-0.05, 0) is 39.4 Å². The zero-order chi connectivity index (χ0) is 103. The molecule has 6 aromatic carbocycles. The van der Waals surface area contributed by atoms with Gasteiger partial charge in [0.15, 0.2) is 37.2 Å². The minimum atomic E-state index is -3.30. The number of aliphatic hydroxyl groups is 2. The van der Waals surface area contributed by atoms with Crippen LogP contribution in [0.5, 0.6) is 0 Å². The molecule has 6 aromatic rings. The van der Waals surface area contributed by atoms with Gasteiger partial charge in [-0.3, -0.25) is 43.2 Å². The van der Waals surface area contributed by atoms with Crippen molar-refractivity contribution in [1.29, 1.82) is 0 Å². The molecule has 6 aliphatic heterocycles. The number of methoxy groups -OCH3 is 1. The van der Waals surface area contributed by atoms with Gasteiger partial charge < -0.3 is 140 Å². The molecule has 27 atom stereocenters. The molecule has 0 unspecified atom stereocenters. The van der Waals surface area contributed by atoms with Crippen molar-refractivity contribution < 1.29 is 177 Å². The number of carbonyl (C=O) groups is 11. The van der Waals surface area contributed by atoms with Crippen LogP contribution in [0.1, 0.15) is 109 Å². The number of ether oxygens (including phenoxy) is 24. The van der Waals surface area contributed by atoms with E-state index in [1.54, 1.807) is 84.9 Å². The smallest absolute Gasteiger partial charge is 0.367 e. The summed E-state index contributed by atoms with van der Waals surface area (Å²) >= 11 is 0. The summed E-state index contributed by atoms with van der Waals surface area (Å²) in [6.07, 6.45) is -42.4. The van der Waals surface area contributed by atoms with Crippen molar-refractivity contribution in [3.8, 4) is 0 Å². The average Bonchev–Trinajstić information content (AvgIpc) is 0.728. The molecule has 0 aliphatic carbocycles. The van der Waals surface area contributed by atoms with Gasteiger partial charge in [-0.25, -0.2) is 9.59 Å². The van der Waals surface area contributed by atoms with Crippen LogP contribution < -0.4 is 16.0 Å². The Morgan fingerprint density at radius 1 is 0.427 bits per heavy atom. The second-order valence-corrected chi connectivity index (χ2v) is 42.4. The van der Waals surface area contributed by atoms with E-state index in [0.29, 0.717) is 28.3 Å². The van der Waals surface area contributed by atoms with E-state index in [2.05, 4.69) is 35.6 Å². The summed E-state index contributed by atoms with van der Waals surface area (Å²) in [6.45, 7) is 11.8. The van der Waals surface area contributed by atoms with Crippen molar-refractivity contribution in [3.05, 3.63) is 215 Å². The van der Waals surface area contributed by atoms with Gasteiger partial charge in [0.25, 0.3) is 11.6 Å². The van der Waals surface area contributed by atoms with Crippen LogP contribution in [0.4, 0.5) is 0 Å². The van der Waals surface area contributed by atoms with Crippen LogP contribution in [0.25, 0.3) is 0 Å². The standard InChI is InChI=1S/C102H129N3O37Si/c1-59(106)103-81-75(130-64(6)111)47-102(141-90(81)86(132-66(8)113)79(131-65(7)112)57-124-62(4)109)100(118)128-58-80(139-102)89(133-67(9)114)91-82(104-60(2)107)74(129-63(5)110)46-101(140-91,99(117)119-10)142-93-88(137-96-83(105-61(3)108)85(116)84(115)76(134-96)54-120-48-68-32-20-14-21-33-68)78(56-122-50-70-36-24-16-25-37-70)136-98(95(93)127-53-73-42-30-19-31-43-73)138-87-77(55-121-49-69-34-22-15-23-35-69)135-97(123-44-45-143(11,12)13)94(126-52-72-40-28-18-29-41-72)92(87)125-51-71-38-26-17-27-39-71/h14-43,74-98,115-116H,44-58H2,1-13H3,(H,103,106)(H,104,107)(H,105,108)/t74-,75-,76+,77+,78+,79+,80+,81+,82+,83+,84-,85+,86+,87+,88-,89+,90+,91+,92-,93-,94+,95+,96-,97+,98-,101-,102+/m0/s1. The van der Waals surface area contributed by atoms with Crippen LogP contribution in [0.15, 0.2) is 182 Å². The first kappa shape index (κ1) is 111. The molecule has 6 saturated heterocycles. The zero-order valence-electron chi connectivity index (χ0n) is 82.0. The number of cyclic esters (lactones) is 1. The van der Waals surface area contributed by atoms with E-state index in [0.717, 1.165) is 80.6 Å². The minimum Gasteiger partial charge on any atom is -0.465 e. The molecule has 6 fully saturated rings. The summed E-state index contributed by atoms with van der Waals surface area (Å²) in [5.41, 5.74) is 4.03. The Morgan fingerprint density at radius 2 is 0.839 bits per heavy atom. The molecular weight excluding hydrogens is 1890 g/mol. The first-order chi connectivity index (χ1) is 68.4. The van der Waals surface area contributed by atoms with Gasteiger partial charge in [0.2, 0.25) is 17.7 Å². The normalized spacial score (nSPS) is 29.2. The van der Waals surface area contributed by atoms with Crippen LogP contribution >= 0.6 is 0 Å². The largest absolute Gasteiger partial charge is 0.465 e. The molecule has 143 heavy (non-hydrogen) atoms. The van der Waals surface area contributed by atoms with E-state index in [1.807, 2.05) is 97.1 Å². The number of hydrogen-bond donors (Lipinski definition) is 5. The summed E-state index contributed by atoms with van der Waals surface area (Å²) in [5, 5.41) is 33.0. The maximum Gasteiger partial charge on any atom is 0.367 e. The fourth-order valence-electron chi connectivity index (χ4n) is 17.7. The Balaban J connectivity index is 1.09. The third-order valence-corrected chi connectivity index (χ3v) is 25.8. The highest BCUT2D eigenvalue weighted by atomic mass is 28.3. The first-order valence-corrected chi connectivity index (χ1v) is 51.0. The molecule has 778 valence electrons. The van der Waals surface area contributed by atoms with Gasteiger partial charge in [0, 0.05) is 77.0 Å². The molecule has 41 heteroatoms. The number of hydrogen-bond acceptors (Lipinski definition) is 37. The summed E-state index contributed by atoms with van der Waals surface area (Å²) < 4.78 is 162. The van der Waals surface area contributed by atoms with Crippen LogP contribution in [-0.2, 0) is 206 Å². The summed E-state index contributed by atoms with van der Waals surface area (Å²) in [4.78, 5) is 155. The van der Waals surface area contributed by atoms with Crippen LogP contribution in [0, 0.1) is 0 Å². The quantitative estimate of drug-likeness (QED) is 0.0152. The number of aliphatic hydroxyl groups excluding tert-OH is 2. The summed E-state index contributed by atoms with van der Waals surface area (Å²) in [7, 11) is -0.957. The fraction of sp³-hybridized carbons (Fsp3) is 0.539. The highest BCUT2D eigenvalue weighted by Gasteiger charge is 2.68. The Labute approximate surface area is 829 Å². The van der Waals surface area contributed by atoms with Gasteiger partial charge in [0.05, 0.1) is 91.5 Å². The lowest BCUT2D eigenvalue weighted by Crippen LogP contribution is -2.74. The van der Waals surface area contributed by atoms with Gasteiger partial charge in [-0.1, -0.05) is 202 Å². The van der Waals surface area contributed by atoms with Gasteiger partial charge in [0.1, 0.15) is 117 Å². The third kappa shape index (κ3) is 31.5. The predicted molar refractivity (Wildman–Crippen MR) is 500 cm³/mol. The topological polar surface area (TPSA) is 486 Å². The SMILES string of the molecule is COC(=O)[C@@]1(O[C@H]2[C@@H](O[C@@H]3O[C@H](COCc4ccccc4)[C@H](O)[C@H](O)[C@H]3NC(C)=O)[C@@H](COCc3ccccc3)O[C@@H](O[C@H]3[C@H](OCc4ccccc4)[C@@H](OCc4ccccc4)[C@H](OCC[Si](C)(C)C)O[C@@H]3COCc3ccccc3)[C@@H]2OCc2ccccc2)C[C@H](OC(C)=O)[C@@H](NC(C)=O)[C@H]([C@H](OC(C)=O)[C@H]2COC(=O)[C@]3(C[C@H](OC(C)=O)[C@@H](NC(C)=O)[C@H]([C@H](OC(C)=O)[C@@H](COC(C)=O)OC(C)=O)O3)O2)O1. The lowest BCUT2D eigenvalue weighted by atomic mass is 9.86. The number of esters is 8. The molecule has 1 spiro atoms. The van der Waals surface area contributed by atoms with E-state index in [4.69, 9.17) is 114 Å². The van der Waals surface area contributed by atoms with Gasteiger partial charge in [-0.2, -0.15) is 0 Å². The van der Waals surface area contributed by atoms with Crippen molar-refractivity contribution in [2.45, 2.75) is 305 Å². The molecule has 0 saturated carbocycles. The van der Waals surface area contributed by atoms with Gasteiger partial charge in [-0.15, -0.1) is 0 Å².